The number of carbonyl (C=O) groups excluding carboxylic acids is 4. The molecule has 16 nitrogen and oxygen atoms in total. The van der Waals surface area contributed by atoms with Crippen LogP contribution in [-0.2, 0) is 6.42 Å². The largest absolute Gasteiger partial charge is 0.491 e. The van der Waals surface area contributed by atoms with E-state index in [1.165, 1.54) is 0 Å². The highest BCUT2D eigenvalue weighted by Gasteiger charge is 2.22. The maximum absolute atomic E-state index is 12.4. The second kappa shape index (κ2) is 28.9. The van der Waals surface area contributed by atoms with Gasteiger partial charge in [0.25, 0.3) is 0 Å². The monoisotopic (exact) mass is 1240 g/mol. The number of benzene rings is 12. The van der Waals surface area contributed by atoms with Crippen molar-refractivity contribution >= 4 is 89.8 Å². The van der Waals surface area contributed by atoms with Gasteiger partial charge in [0.15, 0.2) is 25.1 Å². The third-order valence-corrected chi connectivity index (χ3v) is 16.1. The lowest BCUT2D eigenvalue weighted by Crippen LogP contribution is -2.26. The minimum Gasteiger partial charge on any atom is -0.491 e. The Morgan fingerprint density at radius 1 is 0.258 bits per heavy atom. The van der Waals surface area contributed by atoms with Crippen LogP contribution in [0.4, 0.5) is 0 Å². The molecule has 12 aromatic carbocycles. The Bertz CT molecular complexity index is 4410. The fourth-order valence-corrected chi connectivity index (χ4v) is 11.5. The molecule has 0 radical (unpaired) electrons. The third-order valence-electron chi connectivity index (χ3n) is 16.1. The summed E-state index contributed by atoms with van der Waals surface area (Å²) in [7, 11) is 0. The molecule has 0 amide bonds. The zero-order valence-corrected chi connectivity index (χ0v) is 50.3. The normalized spacial score (nSPS) is 12.7. The first-order chi connectivity index (χ1) is 45.6. The minimum absolute atomic E-state index is 0.0909. The van der Waals surface area contributed by atoms with Crippen molar-refractivity contribution in [2.24, 2.45) is 0 Å². The number of ether oxygens (including phenoxy) is 8. The number of hydrogen-bond acceptors (Lipinski definition) is 16. The van der Waals surface area contributed by atoms with Crippen LogP contribution in [0.1, 0.15) is 52.6 Å². The van der Waals surface area contributed by atoms with Gasteiger partial charge in [-0.05, 0) is 125 Å². The molecule has 0 aliphatic carbocycles. The Kier molecular flexibility index (Phi) is 19.4. The van der Waals surface area contributed by atoms with E-state index in [1.807, 2.05) is 158 Å². The molecule has 0 aliphatic heterocycles. The SMILES string of the molecule is O=Cc1c(OCC(O)COc2ccc3ccc(OCC(O)COc4ccc5ccccc5c4C=O)c(Cc4c(OCC(O)COc5ccc6ccccc6c5C=O)ccc5ccc(OCC(O)COc6ccc7ccccc7c6C=O)cc45)c3c2)ccc2ccccc12. The van der Waals surface area contributed by atoms with Gasteiger partial charge in [-0.3, -0.25) is 19.2 Å². The van der Waals surface area contributed by atoms with Crippen LogP contribution in [-0.4, -0.2) is 123 Å². The molecule has 0 saturated heterocycles. The molecule has 0 bridgehead atoms. The molecule has 4 atom stereocenters. The molecular formula is C77H64O16. The van der Waals surface area contributed by atoms with Crippen LogP contribution in [0.5, 0.6) is 46.0 Å². The summed E-state index contributed by atoms with van der Waals surface area (Å²) in [4.78, 5) is 49.2. The average molecular weight is 1250 g/mol. The van der Waals surface area contributed by atoms with Gasteiger partial charge in [0.2, 0.25) is 0 Å². The molecule has 0 heterocycles. The van der Waals surface area contributed by atoms with Crippen LogP contribution in [0.2, 0.25) is 0 Å². The van der Waals surface area contributed by atoms with E-state index in [2.05, 4.69) is 0 Å². The smallest absolute Gasteiger partial charge is 0.154 e. The lowest BCUT2D eigenvalue weighted by atomic mass is 9.93. The van der Waals surface area contributed by atoms with Gasteiger partial charge in [-0.2, -0.15) is 0 Å². The summed E-state index contributed by atoms with van der Waals surface area (Å²) in [6.07, 6.45) is -1.60. The molecule has 468 valence electrons. The van der Waals surface area contributed by atoms with Crippen molar-refractivity contribution in [2.75, 3.05) is 52.9 Å². The topological polar surface area (TPSA) is 223 Å². The first kappa shape index (κ1) is 62.3. The fourth-order valence-electron chi connectivity index (χ4n) is 11.5. The lowest BCUT2D eigenvalue weighted by molar-refractivity contribution is 0.0616. The van der Waals surface area contributed by atoms with Crippen molar-refractivity contribution in [3.05, 3.63) is 240 Å². The van der Waals surface area contributed by atoms with Gasteiger partial charge in [-0.1, -0.05) is 146 Å². The Balaban J connectivity index is 0.848. The number of aliphatic hydroxyl groups excluding tert-OH is 4. The fraction of sp³-hybridized carbons (Fsp3) is 0.169. The summed E-state index contributed by atoms with van der Waals surface area (Å²) in [5.41, 5.74) is 2.67. The number of hydrogen-bond donors (Lipinski definition) is 4. The van der Waals surface area contributed by atoms with Crippen molar-refractivity contribution in [1.82, 2.24) is 0 Å². The molecular weight excluding hydrogens is 1180 g/mol. The van der Waals surface area contributed by atoms with Gasteiger partial charge < -0.3 is 58.3 Å². The van der Waals surface area contributed by atoms with Crippen LogP contribution < -0.4 is 37.9 Å². The van der Waals surface area contributed by atoms with Gasteiger partial charge in [0.1, 0.15) is 123 Å². The van der Waals surface area contributed by atoms with Crippen LogP contribution in [0.25, 0.3) is 64.6 Å². The Morgan fingerprint density at radius 2 is 0.484 bits per heavy atom. The highest BCUT2D eigenvalue weighted by atomic mass is 16.5. The van der Waals surface area contributed by atoms with E-state index in [9.17, 15) is 39.6 Å². The summed E-state index contributed by atoms with van der Waals surface area (Å²) in [6, 6.07) is 62.2. The van der Waals surface area contributed by atoms with Crippen molar-refractivity contribution < 1.29 is 77.5 Å². The van der Waals surface area contributed by atoms with E-state index in [0.717, 1.165) is 68.2 Å². The van der Waals surface area contributed by atoms with E-state index >= 15 is 0 Å². The van der Waals surface area contributed by atoms with Gasteiger partial charge in [-0.25, -0.2) is 0 Å². The number of aliphatic hydroxyl groups is 4. The summed E-state index contributed by atoms with van der Waals surface area (Å²) in [5, 5.41) is 54.8. The Morgan fingerprint density at radius 3 is 0.763 bits per heavy atom. The molecule has 0 spiro atoms. The number of rotatable bonds is 30. The maximum atomic E-state index is 12.4. The van der Waals surface area contributed by atoms with E-state index < -0.39 is 24.4 Å². The van der Waals surface area contributed by atoms with Crippen molar-refractivity contribution in [3.63, 3.8) is 0 Å². The zero-order valence-electron chi connectivity index (χ0n) is 50.3. The van der Waals surface area contributed by atoms with E-state index in [1.54, 1.807) is 48.5 Å². The van der Waals surface area contributed by atoms with Crippen molar-refractivity contribution in [2.45, 2.75) is 30.8 Å². The molecule has 16 heteroatoms. The van der Waals surface area contributed by atoms with Gasteiger partial charge in [0.05, 0.1) is 22.3 Å². The predicted molar refractivity (Wildman–Crippen MR) is 356 cm³/mol. The van der Waals surface area contributed by atoms with Crippen molar-refractivity contribution in [1.29, 1.82) is 0 Å². The minimum atomic E-state index is -1.19. The second-order valence-corrected chi connectivity index (χ2v) is 22.4. The summed E-state index contributed by atoms with van der Waals surface area (Å²) in [5.74, 6) is 2.76. The second-order valence-electron chi connectivity index (χ2n) is 22.4. The molecule has 4 unspecified atom stereocenters. The van der Waals surface area contributed by atoms with Crippen LogP contribution >= 0.6 is 0 Å². The molecule has 12 aromatic rings. The average Bonchev–Trinajstić information content (AvgIpc) is 0.904. The molecule has 93 heavy (non-hydrogen) atoms. The number of fused-ring (bicyclic) bond motifs is 6. The van der Waals surface area contributed by atoms with Crippen LogP contribution in [0.3, 0.4) is 0 Å². The summed E-state index contributed by atoms with van der Waals surface area (Å²) >= 11 is 0. The van der Waals surface area contributed by atoms with Gasteiger partial charge >= 0.3 is 0 Å². The molecule has 0 saturated carbocycles. The molecule has 0 aliphatic rings. The Labute approximate surface area is 534 Å². The quantitative estimate of drug-likeness (QED) is 0.0307. The number of aldehydes is 4. The molecule has 12 rings (SSSR count). The third kappa shape index (κ3) is 14.2. The van der Waals surface area contributed by atoms with Crippen LogP contribution in [0, 0.1) is 0 Å². The molecule has 0 aromatic heterocycles. The van der Waals surface area contributed by atoms with Gasteiger partial charge in [0, 0.05) is 17.5 Å². The number of carbonyl (C=O) groups is 4. The standard InChI is InChI=1S/C77H64O16/c78-36-68-60-13-5-1-9-48(60)19-29-74(68)90-42-54(82)40-86-58-25-17-52-23-27-72(88-44-56(84)46-92-76-31-21-50-11-3-7-15-62(50)70(76)38-80)66(64(52)33-58)35-67-65-34-59(87-41-55(83)43-91-75-30-20-49-10-2-6-14-61(49)69(75)37-79)26-18-53(65)24-28-73(67)89-45-57(85)47-93-77-32-22-51-12-4-8-16-63(51)71(77)39-81/h1-34,36-39,54-57,82-85H,35,40-47H2. The zero-order chi connectivity index (χ0) is 64.2. The molecule has 0 fully saturated rings. The highest BCUT2D eigenvalue weighted by molar-refractivity contribution is 6.04. The maximum Gasteiger partial charge on any atom is 0.154 e. The van der Waals surface area contributed by atoms with Gasteiger partial charge in [-0.15, -0.1) is 0 Å². The van der Waals surface area contributed by atoms with Crippen LogP contribution in [0.15, 0.2) is 206 Å². The predicted octanol–water partition coefficient (Wildman–Crippen LogP) is 12.7. The first-order valence-corrected chi connectivity index (χ1v) is 30.3. The highest BCUT2D eigenvalue weighted by Crippen LogP contribution is 2.40. The van der Waals surface area contributed by atoms with E-state index in [-0.39, 0.29) is 59.3 Å². The summed E-state index contributed by atoms with van der Waals surface area (Å²) < 4.78 is 49.8. The Hall–Kier alpha value is -10.9. The molecule has 4 N–H and O–H groups in total. The summed E-state index contributed by atoms with van der Waals surface area (Å²) in [6.45, 7) is -1.67. The lowest BCUT2D eigenvalue weighted by Gasteiger charge is -2.21. The van der Waals surface area contributed by atoms with Crippen molar-refractivity contribution in [3.8, 4) is 46.0 Å². The van der Waals surface area contributed by atoms with E-state index in [0.29, 0.717) is 101 Å². The van der Waals surface area contributed by atoms with E-state index in [4.69, 9.17) is 37.9 Å². The first-order valence-electron chi connectivity index (χ1n) is 30.3.